The van der Waals surface area contributed by atoms with E-state index in [1.807, 2.05) is 71.3 Å². The van der Waals surface area contributed by atoms with Gasteiger partial charge in [-0.25, -0.2) is 5.43 Å². The van der Waals surface area contributed by atoms with E-state index < -0.39 is 0 Å². The lowest BCUT2D eigenvalue weighted by Crippen LogP contribution is -2.20. The summed E-state index contributed by atoms with van der Waals surface area (Å²) in [4.78, 5) is 12.4. The molecule has 0 saturated carbocycles. The van der Waals surface area contributed by atoms with Crippen molar-refractivity contribution in [1.29, 1.82) is 0 Å². The maximum Gasteiger partial charge on any atom is 0.250 e. The predicted molar refractivity (Wildman–Crippen MR) is 141 cm³/mol. The molecule has 1 N–H and O–H groups in total. The molecule has 34 heavy (non-hydrogen) atoms. The van der Waals surface area contributed by atoms with Crippen LogP contribution < -0.4 is 5.43 Å². The van der Waals surface area contributed by atoms with Crippen LogP contribution in [0.2, 0.25) is 0 Å². The molecule has 0 aliphatic rings. The average Bonchev–Trinajstić information content (AvgIpc) is 3.28. The summed E-state index contributed by atoms with van der Waals surface area (Å²) in [6.07, 6.45) is 1.64. The topological polar surface area (TPSA) is 72.2 Å². The van der Waals surface area contributed by atoms with E-state index in [4.69, 9.17) is 0 Å². The number of thioether (sulfide) groups is 1. The van der Waals surface area contributed by atoms with Crippen molar-refractivity contribution in [1.82, 2.24) is 20.2 Å². The Morgan fingerprint density at radius 2 is 1.74 bits per heavy atom. The van der Waals surface area contributed by atoms with E-state index in [0.717, 1.165) is 21.3 Å². The fraction of sp³-hybridized carbons (Fsp3) is 0.154. The number of carbonyl (C=O) groups is 1. The highest BCUT2D eigenvalue weighted by Gasteiger charge is 2.17. The smallest absolute Gasteiger partial charge is 0.250 e. The molecular formula is C26H24BrN5OS. The Hall–Kier alpha value is -3.23. The van der Waals surface area contributed by atoms with Crippen molar-refractivity contribution in [2.45, 2.75) is 24.9 Å². The van der Waals surface area contributed by atoms with E-state index in [0.29, 0.717) is 16.9 Å². The van der Waals surface area contributed by atoms with E-state index in [9.17, 15) is 4.79 Å². The molecule has 0 radical (unpaired) electrons. The number of nitrogens with zero attached hydrogens (tertiary/aromatic N) is 4. The van der Waals surface area contributed by atoms with Crippen molar-refractivity contribution in [3.8, 4) is 17.1 Å². The Morgan fingerprint density at radius 3 is 2.41 bits per heavy atom. The maximum absolute atomic E-state index is 12.4. The van der Waals surface area contributed by atoms with Gasteiger partial charge < -0.3 is 0 Å². The number of nitrogens with one attached hydrogen (secondary N) is 1. The van der Waals surface area contributed by atoms with Gasteiger partial charge in [-0.2, -0.15) is 5.10 Å². The zero-order chi connectivity index (χ0) is 23.9. The number of amides is 1. The lowest BCUT2D eigenvalue weighted by atomic mass is 10.0. The second-order valence-corrected chi connectivity index (χ2v) is 9.75. The molecule has 3 aromatic carbocycles. The van der Waals surface area contributed by atoms with Gasteiger partial charge in [0.1, 0.15) is 0 Å². The van der Waals surface area contributed by atoms with Crippen LogP contribution in [0.25, 0.3) is 17.1 Å². The number of carbonyl (C=O) groups excluding carboxylic acids is 1. The third-order valence-corrected chi connectivity index (χ3v) is 6.55. The van der Waals surface area contributed by atoms with E-state index in [2.05, 4.69) is 62.6 Å². The molecule has 0 unspecified atom stereocenters. The van der Waals surface area contributed by atoms with Gasteiger partial charge in [0.15, 0.2) is 11.0 Å². The van der Waals surface area contributed by atoms with Crippen LogP contribution in [0.15, 0.2) is 93.6 Å². The van der Waals surface area contributed by atoms with Crippen LogP contribution in [-0.2, 0) is 4.79 Å². The third kappa shape index (κ3) is 6.01. The summed E-state index contributed by atoms with van der Waals surface area (Å²) < 4.78 is 2.94. The predicted octanol–water partition coefficient (Wildman–Crippen LogP) is 6.06. The summed E-state index contributed by atoms with van der Waals surface area (Å²) in [5.74, 6) is 1.14. The summed E-state index contributed by atoms with van der Waals surface area (Å²) in [5, 5.41) is 13.5. The van der Waals surface area contributed by atoms with E-state index in [-0.39, 0.29) is 11.7 Å². The first-order valence-corrected chi connectivity index (χ1v) is 12.6. The van der Waals surface area contributed by atoms with Gasteiger partial charge in [-0.05, 0) is 41.3 Å². The maximum atomic E-state index is 12.4. The van der Waals surface area contributed by atoms with Crippen LogP contribution in [0.3, 0.4) is 0 Å². The fourth-order valence-corrected chi connectivity index (χ4v) is 4.28. The molecule has 0 saturated heterocycles. The van der Waals surface area contributed by atoms with Gasteiger partial charge in [0.25, 0.3) is 5.91 Å². The molecule has 0 bridgehead atoms. The third-order valence-electron chi connectivity index (χ3n) is 5.09. The largest absolute Gasteiger partial charge is 0.272 e. The number of hydrogen-bond acceptors (Lipinski definition) is 5. The standard InChI is InChI=1S/C26H24BrN5OS/c1-18(2)20-10-8-19(9-11-20)16-28-29-24(33)17-34-26-31-30-25(21-6-4-3-5-7-21)32(26)23-14-12-22(27)13-15-23/h3-16,18H,17H2,1-2H3,(H,29,33). The molecule has 8 heteroatoms. The molecule has 6 nitrogen and oxygen atoms in total. The van der Waals surface area contributed by atoms with Gasteiger partial charge >= 0.3 is 0 Å². The fourth-order valence-electron chi connectivity index (χ4n) is 3.27. The minimum absolute atomic E-state index is 0.160. The number of hydrogen-bond donors (Lipinski definition) is 1. The number of aromatic nitrogens is 3. The summed E-state index contributed by atoms with van der Waals surface area (Å²) in [6, 6.07) is 25.9. The van der Waals surface area contributed by atoms with Crippen molar-refractivity contribution >= 4 is 39.8 Å². The van der Waals surface area contributed by atoms with Gasteiger partial charge in [-0.3, -0.25) is 9.36 Å². The number of rotatable bonds is 8. The van der Waals surface area contributed by atoms with Crippen LogP contribution in [-0.4, -0.2) is 32.6 Å². The van der Waals surface area contributed by atoms with Gasteiger partial charge in [-0.1, -0.05) is 96.1 Å². The first kappa shape index (κ1) is 23.9. The summed E-state index contributed by atoms with van der Waals surface area (Å²) >= 11 is 4.79. The molecule has 0 fully saturated rings. The van der Waals surface area contributed by atoms with Crippen LogP contribution in [0.1, 0.15) is 30.9 Å². The Balaban J connectivity index is 1.45. The first-order chi connectivity index (χ1) is 16.5. The van der Waals surface area contributed by atoms with Crippen LogP contribution in [0.4, 0.5) is 0 Å². The highest BCUT2D eigenvalue weighted by atomic mass is 79.9. The molecular weight excluding hydrogens is 510 g/mol. The Labute approximate surface area is 211 Å². The van der Waals surface area contributed by atoms with E-state index >= 15 is 0 Å². The molecule has 0 atom stereocenters. The van der Waals surface area contributed by atoms with Crippen LogP contribution in [0.5, 0.6) is 0 Å². The molecule has 4 aromatic rings. The average molecular weight is 534 g/mol. The van der Waals surface area contributed by atoms with Crippen molar-refractivity contribution in [3.05, 3.63) is 94.5 Å². The van der Waals surface area contributed by atoms with Crippen LogP contribution >= 0.6 is 27.7 Å². The Morgan fingerprint density at radius 1 is 1.03 bits per heavy atom. The first-order valence-electron chi connectivity index (χ1n) is 10.8. The monoisotopic (exact) mass is 533 g/mol. The quantitative estimate of drug-likeness (QED) is 0.169. The second-order valence-electron chi connectivity index (χ2n) is 7.89. The van der Waals surface area contributed by atoms with E-state index in [1.54, 1.807) is 6.21 Å². The SMILES string of the molecule is CC(C)c1ccc(C=NNC(=O)CSc2nnc(-c3ccccc3)n2-c2ccc(Br)cc2)cc1. The highest BCUT2D eigenvalue weighted by Crippen LogP contribution is 2.28. The van der Waals surface area contributed by atoms with Crippen molar-refractivity contribution in [2.24, 2.45) is 5.10 Å². The number of benzene rings is 3. The molecule has 0 aliphatic heterocycles. The van der Waals surface area contributed by atoms with Crippen molar-refractivity contribution in [2.75, 3.05) is 5.75 Å². The Bertz CT molecular complexity index is 1270. The van der Waals surface area contributed by atoms with Crippen molar-refractivity contribution in [3.63, 3.8) is 0 Å². The molecule has 0 spiro atoms. The zero-order valence-electron chi connectivity index (χ0n) is 18.9. The normalized spacial score (nSPS) is 11.3. The van der Waals surface area contributed by atoms with E-state index in [1.165, 1.54) is 17.3 Å². The van der Waals surface area contributed by atoms with Crippen molar-refractivity contribution < 1.29 is 4.79 Å². The summed E-state index contributed by atoms with van der Waals surface area (Å²) in [7, 11) is 0. The van der Waals surface area contributed by atoms with Gasteiger partial charge in [-0.15, -0.1) is 10.2 Å². The lowest BCUT2D eigenvalue weighted by molar-refractivity contribution is -0.118. The molecule has 1 heterocycles. The summed E-state index contributed by atoms with van der Waals surface area (Å²) in [6.45, 7) is 4.31. The van der Waals surface area contributed by atoms with Crippen LogP contribution in [0, 0.1) is 0 Å². The molecule has 1 amide bonds. The minimum Gasteiger partial charge on any atom is -0.272 e. The Kier molecular flexibility index (Phi) is 7.92. The molecule has 1 aromatic heterocycles. The summed E-state index contributed by atoms with van der Waals surface area (Å²) in [5.41, 5.74) is 6.65. The van der Waals surface area contributed by atoms with Gasteiger partial charge in [0.2, 0.25) is 0 Å². The van der Waals surface area contributed by atoms with Gasteiger partial charge in [0.05, 0.1) is 12.0 Å². The molecule has 0 aliphatic carbocycles. The number of hydrazone groups is 1. The second kappa shape index (κ2) is 11.3. The number of halogens is 1. The highest BCUT2D eigenvalue weighted by molar-refractivity contribution is 9.10. The minimum atomic E-state index is -0.216. The lowest BCUT2D eigenvalue weighted by Gasteiger charge is -2.10. The molecule has 172 valence electrons. The zero-order valence-corrected chi connectivity index (χ0v) is 21.3. The van der Waals surface area contributed by atoms with Gasteiger partial charge in [0, 0.05) is 15.7 Å². The molecule has 4 rings (SSSR count).